The third-order valence-electron chi connectivity index (χ3n) is 5.54. The fourth-order valence-electron chi connectivity index (χ4n) is 3.85. The molecule has 3 aromatic rings. The highest BCUT2D eigenvalue weighted by molar-refractivity contribution is 6.66. The summed E-state index contributed by atoms with van der Waals surface area (Å²) in [6.45, 7) is 4.92. The largest absolute Gasteiger partial charge is 0.334 e. The van der Waals surface area contributed by atoms with E-state index in [1.54, 1.807) is 4.57 Å². The maximum Gasteiger partial charge on any atom is 0.332 e. The molecule has 4 rings (SSSR count). The van der Waals surface area contributed by atoms with E-state index in [0.29, 0.717) is 54.2 Å². The van der Waals surface area contributed by atoms with E-state index in [1.165, 1.54) is 4.57 Å². The first kappa shape index (κ1) is 22.2. The van der Waals surface area contributed by atoms with E-state index in [2.05, 4.69) is 22.1 Å². The molecule has 9 heteroatoms. The van der Waals surface area contributed by atoms with Crippen LogP contribution in [0, 0.1) is 6.92 Å². The lowest BCUT2D eigenvalue weighted by Crippen LogP contribution is -2.41. The number of hydrogen-bond acceptors (Lipinski definition) is 6. The van der Waals surface area contributed by atoms with Crippen LogP contribution in [0.1, 0.15) is 49.6 Å². The maximum absolute atomic E-state index is 13.0. The van der Waals surface area contributed by atoms with Crippen molar-refractivity contribution in [1.29, 1.82) is 0 Å². The number of unbranched alkanes of at least 4 members (excludes halogenated alkanes) is 2. The summed E-state index contributed by atoms with van der Waals surface area (Å²) in [5.74, 6) is 1.53. The summed E-state index contributed by atoms with van der Waals surface area (Å²) in [6, 6.07) is 7.90. The number of aliphatic imine (C=N–C) groups is 1. The summed E-state index contributed by atoms with van der Waals surface area (Å²) < 4.78 is 8.28. The molecule has 1 aromatic carbocycles. The molecule has 0 N–H and O–H groups in total. The Morgan fingerprint density at radius 3 is 2.72 bits per heavy atom. The van der Waals surface area contributed by atoms with Gasteiger partial charge in [-0.2, -0.15) is 4.98 Å². The Bertz CT molecular complexity index is 1270. The van der Waals surface area contributed by atoms with Gasteiger partial charge in [0.25, 0.3) is 11.4 Å². The second kappa shape index (κ2) is 9.65. The molecule has 0 saturated carbocycles. The van der Waals surface area contributed by atoms with E-state index in [0.717, 1.165) is 30.4 Å². The SMILES string of the molecule is CCCCn1c2c(c(=O)n(CCCCc3noc(-c4cccc(C)c4)n3)c1=O)CC(Cl)=N2. The highest BCUT2D eigenvalue weighted by atomic mass is 35.5. The van der Waals surface area contributed by atoms with Gasteiger partial charge < -0.3 is 4.52 Å². The average molecular weight is 456 g/mol. The van der Waals surface area contributed by atoms with E-state index < -0.39 is 0 Å². The fourth-order valence-corrected chi connectivity index (χ4v) is 4.06. The van der Waals surface area contributed by atoms with Gasteiger partial charge in [0.15, 0.2) is 5.82 Å². The van der Waals surface area contributed by atoms with Crippen LogP contribution < -0.4 is 11.2 Å². The van der Waals surface area contributed by atoms with Crippen LogP contribution in [-0.4, -0.2) is 24.4 Å². The van der Waals surface area contributed by atoms with Crippen molar-refractivity contribution in [3.05, 3.63) is 62.1 Å². The first-order chi connectivity index (χ1) is 15.5. The molecule has 0 unspecified atom stereocenters. The molecule has 0 saturated heterocycles. The zero-order valence-electron chi connectivity index (χ0n) is 18.3. The number of benzene rings is 1. The second-order valence-electron chi connectivity index (χ2n) is 8.05. The van der Waals surface area contributed by atoms with Crippen LogP contribution >= 0.6 is 11.6 Å². The Labute approximate surface area is 190 Å². The van der Waals surface area contributed by atoms with Crippen LogP contribution in [0.2, 0.25) is 0 Å². The minimum atomic E-state index is -0.321. The second-order valence-corrected chi connectivity index (χ2v) is 8.49. The smallest absolute Gasteiger partial charge is 0.332 e. The van der Waals surface area contributed by atoms with Gasteiger partial charge in [-0.15, -0.1) is 0 Å². The van der Waals surface area contributed by atoms with E-state index >= 15 is 0 Å². The molecule has 0 atom stereocenters. The third kappa shape index (κ3) is 4.60. The molecule has 0 amide bonds. The summed E-state index contributed by atoms with van der Waals surface area (Å²) in [6.07, 6.45) is 4.03. The standard InChI is InChI=1S/C23H26ClN5O3/c1-3-4-11-28-20-17(14-18(24)25-20)22(30)29(23(28)31)12-6-5-10-19-26-21(32-27-19)16-9-7-8-15(2)13-16/h7-9,13H,3-6,10-12,14H2,1-2H3. The summed E-state index contributed by atoms with van der Waals surface area (Å²) in [5, 5.41) is 4.40. The van der Waals surface area contributed by atoms with Crippen molar-refractivity contribution in [2.75, 3.05) is 0 Å². The van der Waals surface area contributed by atoms with Crippen molar-refractivity contribution in [2.24, 2.45) is 4.99 Å². The summed E-state index contributed by atoms with van der Waals surface area (Å²) in [4.78, 5) is 34.6. The number of fused-ring (bicyclic) bond motifs is 1. The molecule has 3 heterocycles. The van der Waals surface area contributed by atoms with Gasteiger partial charge >= 0.3 is 5.69 Å². The Hall–Kier alpha value is -3.00. The van der Waals surface area contributed by atoms with Gasteiger partial charge in [0.1, 0.15) is 11.0 Å². The lowest BCUT2D eigenvalue weighted by atomic mass is 10.1. The van der Waals surface area contributed by atoms with Crippen molar-refractivity contribution in [2.45, 2.75) is 65.5 Å². The monoisotopic (exact) mass is 455 g/mol. The van der Waals surface area contributed by atoms with Crippen molar-refractivity contribution >= 4 is 22.6 Å². The maximum atomic E-state index is 13.0. The van der Waals surface area contributed by atoms with E-state index in [4.69, 9.17) is 16.1 Å². The van der Waals surface area contributed by atoms with Gasteiger partial charge in [0, 0.05) is 31.5 Å². The molecule has 0 bridgehead atoms. The van der Waals surface area contributed by atoms with Crippen LogP contribution in [0.5, 0.6) is 0 Å². The predicted octanol–water partition coefficient (Wildman–Crippen LogP) is 4.02. The fraction of sp³-hybridized carbons (Fsp3) is 0.435. The summed E-state index contributed by atoms with van der Waals surface area (Å²) in [7, 11) is 0. The highest BCUT2D eigenvalue weighted by Crippen LogP contribution is 2.24. The predicted molar refractivity (Wildman–Crippen MR) is 124 cm³/mol. The zero-order valence-corrected chi connectivity index (χ0v) is 19.1. The zero-order chi connectivity index (χ0) is 22.7. The lowest BCUT2D eigenvalue weighted by Gasteiger charge is -2.13. The van der Waals surface area contributed by atoms with Gasteiger partial charge in [-0.05, 0) is 38.3 Å². The van der Waals surface area contributed by atoms with Crippen molar-refractivity contribution in [3.8, 4) is 11.5 Å². The summed E-state index contributed by atoms with van der Waals surface area (Å²) >= 11 is 6.07. The Morgan fingerprint density at radius 2 is 1.94 bits per heavy atom. The highest BCUT2D eigenvalue weighted by Gasteiger charge is 2.24. The van der Waals surface area contributed by atoms with Gasteiger partial charge in [-0.1, -0.05) is 47.8 Å². The molecule has 0 spiro atoms. The number of rotatable bonds is 9. The van der Waals surface area contributed by atoms with Crippen LogP contribution in [0.15, 0.2) is 43.4 Å². The first-order valence-electron chi connectivity index (χ1n) is 11.0. The minimum absolute atomic E-state index is 0.284. The molecule has 168 valence electrons. The van der Waals surface area contributed by atoms with E-state index in [9.17, 15) is 9.59 Å². The number of hydrogen-bond donors (Lipinski definition) is 0. The molecule has 32 heavy (non-hydrogen) atoms. The molecule has 0 radical (unpaired) electrons. The average Bonchev–Trinajstić information content (AvgIpc) is 3.40. The summed E-state index contributed by atoms with van der Waals surface area (Å²) in [5.41, 5.74) is 1.91. The Kier molecular flexibility index (Phi) is 6.69. The Morgan fingerprint density at radius 1 is 1.12 bits per heavy atom. The minimum Gasteiger partial charge on any atom is -0.334 e. The normalized spacial score (nSPS) is 12.8. The lowest BCUT2D eigenvalue weighted by molar-refractivity contribution is 0.420. The van der Waals surface area contributed by atoms with Gasteiger partial charge in [-0.25, -0.2) is 9.79 Å². The molecule has 8 nitrogen and oxygen atoms in total. The third-order valence-corrected chi connectivity index (χ3v) is 5.76. The molecular formula is C23H26ClN5O3. The number of aromatic nitrogens is 4. The first-order valence-corrected chi connectivity index (χ1v) is 11.3. The topological polar surface area (TPSA) is 95.3 Å². The van der Waals surface area contributed by atoms with Crippen LogP contribution in [0.25, 0.3) is 11.5 Å². The molecule has 1 aliphatic heterocycles. The van der Waals surface area contributed by atoms with Crippen molar-refractivity contribution in [1.82, 2.24) is 19.3 Å². The number of aryl methyl sites for hydroxylation is 2. The van der Waals surface area contributed by atoms with Gasteiger partial charge in [0.2, 0.25) is 0 Å². The van der Waals surface area contributed by atoms with Crippen LogP contribution in [-0.2, 0) is 25.9 Å². The van der Waals surface area contributed by atoms with Gasteiger partial charge in [0.05, 0.1) is 5.56 Å². The molecule has 0 aliphatic carbocycles. The molecular weight excluding hydrogens is 430 g/mol. The van der Waals surface area contributed by atoms with E-state index in [1.807, 2.05) is 31.2 Å². The van der Waals surface area contributed by atoms with Crippen LogP contribution in [0.3, 0.4) is 0 Å². The van der Waals surface area contributed by atoms with Crippen molar-refractivity contribution < 1.29 is 4.52 Å². The van der Waals surface area contributed by atoms with E-state index in [-0.39, 0.29) is 17.7 Å². The number of halogens is 1. The molecule has 1 aliphatic rings. The van der Waals surface area contributed by atoms with Gasteiger partial charge in [-0.3, -0.25) is 13.9 Å². The quantitative estimate of drug-likeness (QED) is 0.454. The van der Waals surface area contributed by atoms with Crippen LogP contribution in [0.4, 0.5) is 5.82 Å². The van der Waals surface area contributed by atoms with Crippen molar-refractivity contribution in [3.63, 3.8) is 0 Å². The Balaban J connectivity index is 1.43. The molecule has 2 aromatic heterocycles. The number of nitrogens with zero attached hydrogens (tertiary/aromatic N) is 5. The molecule has 0 fully saturated rings.